The third kappa shape index (κ3) is 3.59. The average Bonchev–Trinajstić information content (AvgIpc) is 2.77. The molecule has 1 heterocycles. The topological polar surface area (TPSA) is 54.9 Å². The summed E-state index contributed by atoms with van der Waals surface area (Å²) in [6.07, 6.45) is 6.11. The second-order valence-corrected chi connectivity index (χ2v) is 6.25. The molecule has 4 nitrogen and oxygen atoms in total. The van der Waals surface area contributed by atoms with E-state index in [0.29, 0.717) is 5.25 Å². The second kappa shape index (κ2) is 6.38. The number of amides is 1. The van der Waals surface area contributed by atoms with Gasteiger partial charge in [-0.1, -0.05) is 18.5 Å². The number of nitrogens with one attached hydrogen (secondary N) is 1. The van der Waals surface area contributed by atoms with E-state index in [2.05, 4.69) is 22.2 Å². The minimum Gasteiger partial charge on any atom is -0.348 e. The van der Waals surface area contributed by atoms with Crippen LogP contribution in [0.1, 0.15) is 36.7 Å². The summed E-state index contributed by atoms with van der Waals surface area (Å²) in [6, 6.07) is 0.252. The highest BCUT2D eigenvalue weighted by Crippen LogP contribution is 2.29. The molecule has 2 atom stereocenters. The highest BCUT2D eigenvalue weighted by Gasteiger charge is 2.26. The van der Waals surface area contributed by atoms with Gasteiger partial charge in [0, 0.05) is 11.3 Å². The van der Waals surface area contributed by atoms with E-state index in [1.54, 1.807) is 0 Å². The van der Waals surface area contributed by atoms with Gasteiger partial charge in [-0.2, -0.15) is 11.8 Å². The molecule has 2 rings (SSSR count). The van der Waals surface area contributed by atoms with E-state index in [-0.39, 0.29) is 22.8 Å². The normalized spacial score (nSPS) is 23.0. The monoisotopic (exact) mass is 285 g/mol. The fourth-order valence-electron chi connectivity index (χ4n) is 2.17. The predicted molar refractivity (Wildman–Crippen MR) is 74.1 cm³/mol. The van der Waals surface area contributed by atoms with Crippen LogP contribution in [0.25, 0.3) is 0 Å². The van der Waals surface area contributed by atoms with Crippen LogP contribution in [0.3, 0.4) is 0 Å². The van der Waals surface area contributed by atoms with Gasteiger partial charge in [0.25, 0.3) is 5.91 Å². The molecule has 1 fully saturated rings. The van der Waals surface area contributed by atoms with E-state index < -0.39 is 0 Å². The zero-order valence-electron chi connectivity index (χ0n) is 10.2. The molecule has 98 valence electrons. The summed E-state index contributed by atoms with van der Waals surface area (Å²) >= 11 is 7.68. The SMILES string of the molecule is CCSC1CCC(NC(=O)c2cncc(Cl)n2)C1. The van der Waals surface area contributed by atoms with Crippen LogP contribution >= 0.6 is 23.4 Å². The number of rotatable bonds is 4. The van der Waals surface area contributed by atoms with Gasteiger partial charge in [-0.15, -0.1) is 0 Å². The van der Waals surface area contributed by atoms with Crippen molar-refractivity contribution in [3.63, 3.8) is 0 Å². The van der Waals surface area contributed by atoms with E-state index in [1.165, 1.54) is 18.8 Å². The highest BCUT2D eigenvalue weighted by atomic mass is 35.5. The number of hydrogen-bond donors (Lipinski definition) is 1. The molecule has 1 saturated carbocycles. The molecule has 1 aromatic rings. The Labute approximate surface area is 116 Å². The smallest absolute Gasteiger partial charge is 0.271 e. The minimum absolute atomic E-state index is 0.183. The Kier molecular flexibility index (Phi) is 4.83. The Bertz CT molecular complexity index is 430. The largest absolute Gasteiger partial charge is 0.348 e. The number of nitrogens with zero attached hydrogens (tertiary/aromatic N) is 2. The summed E-state index contributed by atoms with van der Waals surface area (Å²) in [5.41, 5.74) is 0.286. The Balaban J connectivity index is 1.89. The lowest BCUT2D eigenvalue weighted by Gasteiger charge is -2.12. The van der Waals surface area contributed by atoms with Crippen LogP contribution in [-0.4, -0.2) is 32.9 Å². The minimum atomic E-state index is -0.183. The number of carbonyl (C=O) groups excluding carboxylic acids is 1. The molecule has 0 saturated heterocycles. The van der Waals surface area contributed by atoms with Crippen LogP contribution in [0.2, 0.25) is 5.15 Å². The van der Waals surface area contributed by atoms with Gasteiger partial charge in [-0.05, 0) is 25.0 Å². The van der Waals surface area contributed by atoms with Crippen molar-refractivity contribution in [2.75, 3.05) is 5.75 Å². The fraction of sp³-hybridized carbons (Fsp3) is 0.583. The maximum atomic E-state index is 11.9. The van der Waals surface area contributed by atoms with Gasteiger partial charge in [0.2, 0.25) is 0 Å². The van der Waals surface area contributed by atoms with Gasteiger partial charge in [0.05, 0.1) is 12.4 Å². The molecule has 0 aromatic carbocycles. The second-order valence-electron chi connectivity index (χ2n) is 4.29. The van der Waals surface area contributed by atoms with Crippen LogP contribution in [0, 0.1) is 0 Å². The lowest BCUT2D eigenvalue weighted by atomic mass is 10.2. The van der Waals surface area contributed by atoms with Crippen LogP contribution in [0.4, 0.5) is 0 Å². The predicted octanol–water partition coefficient (Wildman–Crippen LogP) is 2.53. The Hall–Kier alpha value is -0.810. The molecule has 1 aliphatic carbocycles. The molecule has 0 spiro atoms. The molecule has 2 unspecified atom stereocenters. The maximum absolute atomic E-state index is 11.9. The molecule has 1 amide bonds. The number of carbonyl (C=O) groups is 1. The summed E-state index contributed by atoms with van der Waals surface area (Å²) in [7, 11) is 0. The molecule has 1 aromatic heterocycles. The zero-order valence-corrected chi connectivity index (χ0v) is 11.8. The maximum Gasteiger partial charge on any atom is 0.271 e. The van der Waals surface area contributed by atoms with Crippen LogP contribution in [0.15, 0.2) is 12.4 Å². The van der Waals surface area contributed by atoms with Crippen LogP contribution in [-0.2, 0) is 0 Å². The van der Waals surface area contributed by atoms with Crippen molar-refractivity contribution in [1.82, 2.24) is 15.3 Å². The summed E-state index contributed by atoms with van der Waals surface area (Å²) in [5, 5.41) is 3.91. The molecule has 0 bridgehead atoms. The Morgan fingerprint density at radius 2 is 2.39 bits per heavy atom. The number of hydrogen-bond acceptors (Lipinski definition) is 4. The van der Waals surface area contributed by atoms with Crippen LogP contribution < -0.4 is 5.32 Å². The van der Waals surface area contributed by atoms with E-state index in [1.807, 2.05) is 11.8 Å². The Morgan fingerprint density at radius 3 is 3.11 bits per heavy atom. The van der Waals surface area contributed by atoms with Gasteiger partial charge in [-0.3, -0.25) is 9.78 Å². The molecule has 18 heavy (non-hydrogen) atoms. The fourth-order valence-corrected chi connectivity index (χ4v) is 3.46. The van der Waals surface area contributed by atoms with Crippen molar-refractivity contribution in [1.29, 1.82) is 0 Å². The third-order valence-electron chi connectivity index (χ3n) is 2.96. The van der Waals surface area contributed by atoms with Gasteiger partial charge in [0.15, 0.2) is 0 Å². The van der Waals surface area contributed by atoms with Gasteiger partial charge in [0.1, 0.15) is 10.8 Å². The van der Waals surface area contributed by atoms with Crippen molar-refractivity contribution < 1.29 is 4.79 Å². The molecule has 0 radical (unpaired) electrons. The van der Waals surface area contributed by atoms with Crippen molar-refractivity contribution in [2.24, 2.45) is 0 Å². The lowest BCUT2D eigenvalue weighted by Crippen LogP contribution is -2.33. The number of thioether (sulfide) groups is 1. The summed E-state index contributed by atoms with van der Waals surface area (Å²) in [4.78, 5) is 19.8. The van der Waals surface area contributed by atoms with Crippen molar-refractivity contribution in [3.05, 3.63) is 23.2 Å². The molecular weight excluding hydrogens is 270 g/mol. The number of aromatic nitrogens is 2. The summed E-state index contributed by atoms with van der Waals surface area (Å²) in [5.74, 6) is 0.947. The van der Waals surface area contributed by atoms with Gasteiger partial charge >= 0.3 is 0 Å². The van der Waals surface area contributed by atoms with E-state index in [9.17, 15) is 4.79 Å². The van der Waals surface area contributed by atoms with E-state index >= 15 is 0 Å². The molecule has 6 heteroatoms. The third-order valence-corrected chi connectivity index (χ3v) is 4.37. The van der Waals surface area contributed by atoms with Crippen molar-refractivity contribution >= 4 is 29.3 Å². The average molecular weight is 286 g/mol. The first-order valence-corrected chi connectivity index (χ1v) is 7.51. The molecule has 0 aliphatic heterocycles. The highest BCUT2D eigenvalue weighted by molar-refractivity contribution is 7.99. The summed E-state index contributed by atoms with van der Waals surface area (Å²) < 4.78 is 0. The van der Waals surface area contributed by atoms with Gasteiger partial charge < -0.3 is 5.32 Å². The van der Waals surface area contributed by atoms with Gasteiger partial charge in [-0.25, -0.2) is 4.98 Å². The lowest BCUT2D eigenvalue weighted by molar-refractivity contribution is 0.0932. The summed E-state index contributed by atoms with van der Waals surface area (Å²) in [6.45, 7) is 2.16. The van der Waals surface area contributed by atoms with E-state index in [4.69, 9.17) is 11.6 Å². The van der Waals surface area contributed by atoms with Crippen LogP contribution in [0.5, 0.6) is 0 Å². The first kappa shape index (κ1) is 13.6. The first-order chi connectivity index (χ1) is 8.69. The zero-order chi connectivity index (χ0) is 13.0. The first-order valence-electron chi connectivity index (χ1n) is 6.09. The number of halogens is 1. The quantitative estimate of drug-likeness (QED) is 0.924. The van der Waals surface area contributed by atoms with Crippen molar-refractivity contribution in [3.8, 4) is 0 Å². The molecule has 1 aliphatic rings. The van der Waals surface area contributed by atoms with Crippen molar-refractivity contribution in [2.45, 2.75) is 37.5 Å². The van der Waals surface area contributed by atoms with E-state index in [0.717, 1.165) is 18.6 Å². The molecule has 1 N–H and O–H groups in total. The Morgan fingerprint density at radius 1 is 1.56 bits per heavy atom. The molecular formula is C12H16ClN3OS. The standard InChI is InChI=1S/C12H16ClN3OS/c1-2-18-9-4-3-8(5-9)15-12(17)10-6-14-7-11(13)16-10/h6-9H,2-5H2,1H3,(H,15,17).